The Labute approximate surface area is 139 Å². The topological polar surface area (TPSA) is 34.4 Å². The highest BCUT2D eigenvalue weighted by Crippen LogP contribution is 2.30. The van der Waals surface area contributed by atoms with Crippen molar-refractivity contribution in [2.75, 3.05) is 12.4 Å². The summed E-state index contributed by atoms with van der Waals surface area (Å²) >= 11 is 7.00. The lowest BCUT2D eigenvalue weighted by atomic mass is 10.2. The quantitative estimate of drug-likeness (QED) is 0.609. The summed E-state index contributed by atoms with van der Waals surface area (Å²) in [6.45, 7) is 0.604. The SMILES string of the molecule is COc1cccc2cc(CNc3cc(Br)ccc3Br)oc12. The maximum absolute atomic E-state index is 5.87. The minimum Gasteiger partial charge on any atom is -0.493 e. The van der Waals surface area contributed by atoms with Gasteiger partial charge in [-0.3, -0.25) is 0 Å². The first-order chi connectivity index (χ1) is 10.2. The molecule has 0 aliphatic carbocycles. The molecule has 0 aliphatic heterocycles. The molecule has 2 aromatic carbocycles. The summed E-state index contributed by atoms with van der Waals surface area (Å²) in [5, 5.41) is 4.40. The standard InChI is InChI=1S/C16H13Br2NO2/c1-20-15-4-2-3-10-7-12(21-16(10)15)9-19-14-8-11(17)5-6-13(14)18/h2-8,19H,9H2,1H3. The van der Waals surface area contributed by atoms with Crippen molar-refractivity contribution in [3.63, 3.8) is 0 Å². The van der Waals surface area contributed by atoms with Crippen molar-refractivity contribution >= 4 is 48.5 Å². The number of anilines is 1. The minimum atomic E-state index is 0.604. The average molecular weight is 411 g/mol. The zero-order chi connectivity index (χ0) is 14.8. The van der Waals surface area contributed by atoms with E-state index in [4.69, 9.17) is 9.15 Å². The number of benzene rings is 2. The normalized spacial score (nSPS) is 10.8. The van der Waals surface area contributed by atoms with E-state index in [1.165, 1.54) is 0 Å². The van der Waals surface area contributed by atoms with Gasteiger partial charge in [-0.05, 0) is 46.3 Å². The molecule has 0 fully saturated rings. The zero-order valence-corrected chi connectivity index (χ0v) is 14.5. The van der Waals surface area contributed by atoms with Gasteiger partial charge >= 0.3 is 0 Å². The molecule has 3 aromatic rings. The summed E-state index contributed by atoms with van der Waals surface area (Å²) in [5.74, 6) is 1.61. The second-order valence-corrected chi connectivity index (χ2v) is 6.34. The molecular weight excluding hydrogens is 398 g/mol. The van der Waals surface area contributed by atoms with E-state index in [0.29, 0.717) is 6.54 Å². The predicted octanol–water partition coefficient (Wildman–Crippen LogP) is 5.58. The van der Waals surface area contributed by atoms with Gasteiger partial charge in [0.25, 0.3) is 0 Å². The number of rotatable bonds is 4. The predicted molar refractivity (Wildman–Crippen MR) is 91.9 cm³/mol. The van der Waals surface area contributed by atoms with Crippen LogP contribution in [0.5, 0.6) is 5.75 Å². The van der Waals surface area contributed by atoms with Gasteiger partial charge in [0.15, 0.2) is 11.3 Å². The summed E-state index contributed by atoms with van der Waals surface area (Å²) in [6, 6.07) is 13.9. The van der Waals surface area contributed by atoms with Crippen molar-refractivity contribution in [2.24, 2.45) is 0 Å². The average Bonchev–Trinajstić information content (AvgIpc) is 2.91. The Hall–Kier alpha value is -1.46. The smallest absolute Gasteiger partial charge is 0.176 e. The summed E-state index contributed by atoms with van der Waals surface area (Å²) in [4.78, 5) is 0. The van der Waals surface area contributed by atoms with Crippen molar-refractivity contribution in [1.29, 1.82) is 0 Å². The van der Waals surface area contributed by atoms with Crippen molar-refractivity contribution in [3.05, 3.63) is 57.2 Å². The van der Waals surface area contributed by atoms with E-state index in [0.717, 1.165) is 37.1 Å². The van der Waals surface area contributed by atoms with Gasteiger partial charge in [-0.25, -0.2) is 0 Å². The Balaban J connectivity index is 1.84. The molecule has 0 unspecified atom stereocenters. The second kappa shape index (κ2) is 6.12. The Kier molecular flexibility index (Phi) is 4.22. The highest BCUT2D eigenvalue weighted by molar-refractivity contribution is 9.11. The van der Waals surface area contributed by atoms with Gasteiger partial charge in [-0.2, -0.15) is 0 Å². The number of hydrogen-bond donors (Lipinski definition) is 1. The lowest BCUT2D eigenvalue weighted by molar-refractivity contribution is 0.408. The van der Waals surface area contributed by atoms with Crippen LogP contribution in [0.3, 0.4) is 0 Å². The lowest BCUT2D eigenvalue weighted by Gasteiger charge is -2.07. The number of hydrogen-bond acceptors (Lipinski definition) is 3. The fraction of sp³-hybridized carbons (Fsp3) is 0.125. The van der Waals surface area contributed by atoms with Crippen LogP contribution in [0.2, 0.25) is 0 Å². The Morgan fingerprint density at radius 1 is 1.14 bits per heavy atom. The Morgan fingerprint density at radius 3 is 2.81 bits per heavy atom. The van der Waals surface area contributed by atoms with Gasteiger partial charge in [-0.1, -0.05) is 28.1 Å². The molecule has 3 nitrogen and oxygen atoms in total. The molecule has 1 heterocycles. The van der Waals surface area contributed by atoms with Gasteiger partial charge in [0.05, 0.1) is 13.7 Å². The molecule has 0 aliphatic rings. The van der Waals surface area contributed by atoms with E-state index in [-0.39, 0.29) is 0 Å². The Morgan fingerprint density at radius 2 is 2.00 bits per heavy atom. The minimum absolute atomic E-state index is 0.604. The highest BCUT2D eigenvalue weighted by atomic mass is 79.9. The van der Waals surface area contributed by atoms with Gasteiger partial charge < -0.3 is 14.5 Å². The zero-order valence-electron chi connectivity index (χ0n) is 11.3. The molecule has 0 saturated heterocycles. The largest absolute Gasteiger partial charge is 0.493 e. The fourth-order valence-electron chi connectivity index (χ4n) is 2.15. The summed E-state index contributed by atoms with van der Waals surface area (Å²) in [6.07, 6.45) is 0. The van der Waals surface area contributed by atoms with Crippen LogP contribution in [-0.4, -0.2) is 7.11 Å². The van der Waals surface area contributed by atoms with E-state index in [1.807, 2.05) is 42.5 Å². The fourth-order valence-corrected chi connectivity index (χ4v) is 2.90. The molecule has 108 valence electrons. The molecule has 0 bridgehead atoms. The van der Waals surface area contributed by atoms with Crippen molar-refractivity contribution in [2.45, 2.75) is 6.54 Å². The number of furan rings is 1. The van der Waals surface area contributed by atoms with Gasteiger partial charge in [0.2, 0.25) is 0 Å². The number of fused-ring (bicyclic) bond motifs is 1. The summed E-state index contributed by atoms with van der Waals surface area (Å²) < 4.78 is 13.2. The molecule has 0 atom stereocenters. The third-order valence-electron chi connectivity index (χ3n) is 3.16. The third-order valence-corrected chi connectivity index (χ3v) is 4.35. The van der Waals surface area contributed by atoms with Crippen LogP contribution in [0.1, 0.15) is 5.76 Å². The molecule has 1 N–H and O–H groups in total. The first-order valence-electron chi connectivity index (χ1n) is 6.42. The van der Waals surface area contributed by atoms with E-state index in [1.54, 1.807) is 7.11 Å². The van der Waals surface area contributed by atoms with E-state index in [9.17, 15) is 0 Å². The van der Waals surface area contributed by atoms with Crippen LogP contribution >= 0.6 is 31.9 Å². The molecule has 0 amide bonds. The molecule has 0 saturated carbocycles. The van der Waals surface area contributed by atoms with Crippen LogP contribution in [0, 0.1) is 0 Å². The maximum atomic E-state index is 5.87. The molecule has 5 heteroatoms. The summed E-state index contributed by atoms with van der Waals surface area (Å²) in [5.41, 5.74) is 1.79. The number of methoxy groups -OCH3 is 1. The first-order valence-corrected chi connectivity index (χ1v) is 8.00. The molecule has 0 spiro atoms. The van der Waals surface area contributed by atoms with Crippen molar-refractivity contribution < 1.29 is 9.15 Å². The Bertz CT molecular complexity index is 783. The van der Waals surface area contributed by atoms with E-state index >= 15 is 0 Å². The number of ether oxygens (including phenoxy) is 1. The van der Waals surface area contributed by atoms with Gasteiger partial charge in [0, 0.05) is 20.0 Å². The lowest BCUT2D eigenvalue weighted by Crippen LogP contribution is -1.98. The number of para-hydroxylation sites is 1. The van der Waals surface area contributed by atoms with Crippen LogP contribution in [0.15, 0.2) is 55.8 Å². The van der Waals surface area contributed by atoms with Crippen LogP contribution in [0.25, 0.3) is 11.0 Å². The highest BCUT2D eigenvalue weighted by Gasteiger charge is 2.09. The van der Waals surface area contributed by atoms with Crippen molar-refractivity contribution in [3.8, 4) is 5.75 Å². The van der Waals surface area contributed by atoms with Crippen molar-refractivity contribution in [1.82, 2.24) is 0 Å². The summed E-state index contributed by atoms with van der Waals surface area (Å²) in [7, 11) is 1.65. The molecule has 1 aromatic heterocycles. The van der Waals surface area contributed by atoms with E-state index < -0.39 is 0 Å². The molecule has 21 heavy (non-hydrogen) atoms. The first kappa shape index (κ1) is 14.5. The van der Waals surface area contributed by atoms with E-state index in [2.05, 4.69) is 37.2 Å². The van der Waals surface area contributed by atoms with Crippen LogP contribution < -0.4 is 10.1 Å². The molecular formula is C16H13Br2NO2. The molecule has 3 rings (SSSR count). The third kappa shape index (κ3) is 3.09. The monoisotopic (exact) mass is 409 g/mol. The second-order valence-electron chi connectivity index (χ2n) is 4.57. The number of nitrogens with one attached hydrogen (secondary N) is 1. The maximum Gasteiger partial charge on any atom is 0.176 e. The van der Waals surface area contributed by atoms with Gasteiger partial charge in [0.1, 0.15) is 5.76 Å². The number of halogens is 2. The molecule has 0 radical (unpaired) electrons. The van der Waals surface area contributed by atoms with Gasteiger partial charge in [-0.15, -0.1) is 0 Å². The van der Waals surface area contributed by atoms with Crippen LogP contribution in [0.4, 0.5) is 5.69 Å². The van der Waals surface area contributed by atoms with Crippen LogP contribution in [-0.2, 0) is 6.54 Å².